The molecule has 4 nitrogen and oxygen atoms in total. The smallest absolute Gasteiger partial charge is 0.161 e. The number of nitrogens with zero attached hydrogens (tertiary/aromatic N) is 4. The molecule has 40 heavy (non-hydrogen) atoms. The van der Waals surface area contributed by atoms with E-state index in [2.05, 4.69) is 83.5 Å². The average Bonchev–Trinajstić information content (AvgIpc) is 3.43. The molecule has 0 atom stereocenters. The maximum Gasteiger partial charge on any atom is 0.161 e. The highest BCUT2D eigenvalue weighted by atomic mass is 32.1. The predicted molar refractivity (Wildman–Crippen MR) is 174 cm³/mol. The molecule has 0 spiro atoms. The Bertz CT molecular complexity index is 1740. The monoisotopic (exact) mass is 540 g/mol. The van der Waals surface area contributed by atoms with Gasteiger partial charge in [0.1, 0.15) is 0 Å². The van der Waals surface area contributed by atoms with E-state index in [1.54, 1.807) is 11.3 Å². The molecular weight excluding hydrogens is 508 g/mol. The lowest BCUT2D eigenvalue weighted by Crippen LogP contribution is -2.06. The minimum absolute atomic E-state index is 0.570. The summed E-state index contributed by atoms with van der Waals surface area (Å²) < 4.78 is 2.42. The van der Waals surface area contributed by atoms with E-state index in [9.17, 15) is 0 Å². The van der Waals surface area contributed by atoms with Gasteiger partial charge in [-0.25, -0.2) is 9.98 Å². The van der Waals surface area contributed by atoms with Crippen LogP contribution in [0.3, 0.4) is 0 Å². The minimum Gasteiger partial charge on any atom is -0.265 e. The number of benzene rings is 3. The molecule has 198 valence electrons. The van der Waals surface area contributed by atoms with Crippen molar-refractivity contribution in [1.29, 1.82) is 0 Å². The number of fused-ring (bicyclic) bond motifs is 3. The molecule has 0 saturated carbocycles. The van der Waals surface area contributed by atoms with Gasteiger partial charge in [0, 0.05) is 43.7 Å². The third-order valence-electron chi connectivity index (χ3n) is 6.63. The maximum atomic E-state index is 5.02. The second kappa shape index (κ2) is 13.0. The molecule has 0 unspecified atom stereocenters. The largest absolute Gasteiger partial charge is 0.265 e. The molecule has 0 bridgehead atoms. The Hall–Kier alpha value is -4.48. The molecule has 3 aromatic carbocycles. The Balaban J connectivity index is 0.00000158. The summed E-state index contributed by atoms with van der Waals surface area (Å²) in [6, 6.07) is 27.0. The van der Waals surface area contributed by atoms with Gasteiger partial charge in [-0.3, -0.25) is 9.98 Å². The van der Waals surface area contributed by atoms with Gasteiger partial charge in [-0.05, 0) is 54.5 Å². The second-order valence-electron chi connectivity index (χ2n) is 9.06. The van der Waals surface area contributed by atoms with Crippen LogP contribution in [0.1, 0.15) is 37.8 Å². The SMILES string of the molecule is C=NC(=NC(=NCC1=CCCC=C1)c1ccccc1)c1cccc2sc3c(-c4ccncc4)cccc3c12.CC. The average molecular weight is 541 g/mol. The van der Waals surface area contributed by atoms with E-state index in [0.29, 0.717) is 18.2 Å². The van der Waals surface area contributed by atoms with Crippen LogP contribution in [0.15, 0.2) is 130 Å². The highest BCUT2D eigenvalue weighted by Crippen LogP contribution is 2.41. The molecule has 0 saturated heterocycles. The summed E-state index contributed by atoms with van der Waals surface area (Å²) in [7, 11) is 0. The van der Waals surface area contributed by atoms with Gasteiger partial charge < -0.3 is 0 Å². The number of hydrogen-bond donors (Lipinski definition) is 0. The number of aromatic nitrogens is 1. The Labute approximate surface area is 239 Å². The first-order valence-electron chi connectivity index (χ1n) is 13.7. The Morgan fingerprint density at radius 2 is 1.68 bits per heavy atom. The predicted octanol–water partition coefficient (Wildman–Crippen LogP) is 9.31. The standard InChI is InChI=1S/C33H26N4S.C2H6/c1-34-33(37-32(25-12-6-3-7-13-25)36-22-23-10-4-2-5-11-23)28-16-9-17-29-30(28)27-15-8-14-26(31(27)38-29)24-18-20-35-21-19-24;1-2/h3-4,6-21H,1-2,5,22H2;1-2H3. The van der Waals surface area contributed by atoms with Crippen LogP contribution in [0.5, 0.6) is 0 Å². The summed E-state index contributed by atoms with van der Waals surface area (Å²) in [5.41, 5.74) is 5.47. The Kier molecular flexibility index (Phi) is 8.84. The normalized spacial score (nSPS) is 13.6. The van der Waals surface area contributed by atoms with Crippen molar-refractivity contribution in [2.75, 3.05) is 6.54 Å². The first kappa shape index (κ1) is 27.1. The summed E-state index contributed by atoms with van der Waals surface area (Å²) in [4.78, 5) is 18.6. The number of aliphatic imine (C=N–C) groups is 3. The quantitative estimate of drug-likeness (QED) is 0.162. The topological polar surface area (TPSA) is 50.0 Å². The fourth-order valence-electron chi connectivity index (χ4n) is 4.80. The third kappa shape index (κ3) is 5.75. The zero-order chi connectivity index (χ0) is 27.7. The molecule has 6 rings (SSSR count). The van der Waals surface area contributed by atoms with Gasteiger partial charge in [0.2, 0.25) is 0 Å². The van der Waals surface area contributed by atoms with E-state index >= 15 is 0 Å². The number of amidine groups is 2. The van der Waals surface area contributed by atoms with Crippen molar-refractivity contribution in [3.63, 3.8) is 0 Å². The van der Waals surface area contributed by atoms with Crippen molar-refractivity contribution in [2.24, 2.45) is 15.0 Å². The van der Waals surface area contributed by atoms with E-state index in [4.69, 9.17) is 9.98 Å². The van der Waals surface area contributed by atoms with E-state index < -0.39 is 0 Å². The van der Waals surface area contributed by atoms with Crippen LogP contribution in [-0.2, 0) is 0 Å². The van der Waals surface area contributed by atoms with E-state index in [-0.39, 0.29) is 0 Å². The van der Waals surface area contributed by atoms with Gasteiger partial charge in [-0.2, -0.15) is 0 Å². The van der Waals surface area contributed by atoms with Crippen molar-refractivity contribution in [1.82, 2.24) is 4.98 Å². The molecule has 0 radical (unpaired) electrons. The fraction of sp³-hybridized carbons (Fsp3) is 0.143. The Morgan fingerprint density at radius 3 is 2.42 bits per heavy atom. The number of thiophene rings is 1. The zero-order valence-corrected chi connectivity index (χ0v) is 23.7. The molecule has 1 aliphatic rings. The van der Waals surface area contributed by atoms with Crippen LogP contribution in [0, 0.1) is 0 Å². The van der Waals surface area contributed by atoms with Gasteiger partial charge in [-0.15, -0.1) is 11.3 Å². The second-order valence-corrected chi connectivity index (χ2v) is 10.1. The van der Waals surface area contributed by atoms with Crippen LogP contribution in [-0.4, -0.2) is 29.9 Å². The van der Waals surface area contributed by atoms with Crippen LogP contribution in [0.4, 0.5) is 0 Å². The minimum atomic E-state index is 0.570. The van der Waals surface area contributed by atoms with Gasteiger partial charge in [-0.1, -0.05) is 92.7 Å². The van der Waals surface area contributed by atoms with E-state index in [1.807, 2.05) is 56.6 Å². The fourth-order valence-corrected chi connectivity index (χ4v) is 6.07. The molecule has 2 heterocycles. The lowest BCUT2D eigenvalue weighted by Gasteiger charge is -2.08. The maximum absolute atomic E-state index is 5.02. The van der Waals surface area contributed by atoms with Crippen molar-refractivity contribution >= 4 is 49.9 Å². The number of rotatable bonds is 5. The lowest BCUT2D eigenvalue weighted by molar-refractivity contribution is 0.994. The molecule has 5 aromatic rings. The summed E-state index contributed by atoms with van der Waals surface area (Å²) in [5.74, 6) is 1.22. The zero-order valence-electron chi connectivity index (χ0n) is 22.9. The van der Waals surface area contributed by atoms with Crippen LogP contribution < -0.4 is 0 Å². The first-order chi connectivity index (χ1) is 19.8. The number of allylic oxidation sites excluding steroid dienone is 2. The van der Waals surface area contributed by atoms with Gasteiger partial charge in [0.05, 0.1) is 6.54 Å². The van der Waals surface area contributed by atoms with Crippen molar-refractivity contribution in [3.8, 4) is 11.1 Å². The van der Waals surface area contributed by atoms with Crippen molar-refractivity contribution in [2.45, 2.75) is 26.7 Å². The van der Waals surface area contributed by atoms with Crippen LogP contribution in [0.2, 0.25) is 0 Å². The van der Waals surface area contributed by atoms with E-state index in [1.165, 1.54) is 25.9 Å². The summed E-state index contributed by atoms with van der Waals surface area (Å²) in [6.45, 7) is 8.49. The number of hydrogen-bond acceptors (Lipinski definition) is 3. The highest BCUT2D eigenvalue weighted by Gasteiger charge is 2.16. The lowest BCUT2D eigenvalue weighted by atomic mass is 10.0. The number of pyridine rings is 1. The highest BCUT2D eigenvalue weighted by molar-refractivity contribution is 7.26. The molecule has 0 aliphatic heterocycles. The Morgan fingerprint density at radius 1 is 0.875 bits per heavy atom. The van der Waals surface area contributed by atoms with Crippen molar-refractivity contribution in [3.05, 3.63) is 126 Å². The molecular formula is C35H32N4S. The molecule has 1 aliphatic carbocycles. The molecule has 0 N–H and O–H groups in total. The molecule has 0 amide bonds. The van der Waals surface area contributed by atoms with Gasteiger partial charge in [0.15, 0.2) is 11.7 Å². The van der Waals surface area contributed by atoms with E-state index in [0.717, 1.165) is 34.9 Å². The summed E-state index contributed by atoms with van der Waals surface area (Å²) in [6.07, 6.45) is 12.4. The third-order valence-corrected chi connectivity index (χ3v) is 7.84. The summed E-state index contributed by atoms with van der Waals surface area (Å²) >= 11 is 1.79. The first-order valence-corrected chi connectivity index (χ1v) is 14.5. The van der Waals surface area contributed by atoms with Gasteiger partial charge in [0.25, 0.3) is 0 Å². The summed E-state index contributed by atoms with van der Waals surface area (Å²) in [5, 5.41) is 2.32. The van der Waals surface area contributed by atoms with Gasteiger partial charge >= 0.3 is 0 Å². The molecule has 2 aromatic heterocycles. The molecule has 0 fully saturated rings. The van der Waals surface area contributed by atoms with Crippen molar-refractivity contribution < 1.29 is 0 Å². The molecule has 5 heteroatoms. The van der Waals surface area contributed by atoms with Crippen LogP contribution >= 0.6 is 11.3 Å². The van der Waals surface area contributed by atoms with Crippen LogP contribution in [0.25, 0.3) is 31.3 Å².